The summed E-state index contributed by atoms with van der Waals surface area (Å²) in [5.41, 5.74) is 0. The number of para-hydroxylation sites is 1. The van der Waals surface area contributed by atoms with Gasteiger partial charge in [-0.05, 0) is 37.8 Å². The van der Waals surface area contributed by atoms with Gasteiger partial charge in [0.15, 0.2) is 0 Å². The van der Waals surface area contributed by atoms with E-state index in [9.17, 15) is 8.42 Å². The fourth-order valence-electron chi connectivity index (χ4n) is 2.37. The molecule has 22 heavy (non-hydrogen) atoms. The third-order valence-electron chi connectivity index (χ3n) is 3.64. The SMILES string of the molecule is COc1ccccc1S(=O)(=O)N[C@@H](c1ncc(C)s1)C1CC1. The normalized spacial score (nSPS) is 16.5. The second kappa shape index (κ2) is 5.98. The molecular weight excluding hydrogens is 320 g/mol. The van der Waals surface area contributed by atoms with Crippen LogP contribution in [0.2, 0.25) is 0 Å². The van der Waals surface area contributed by atoms with Gasteiger partial charge in [-0.1, -0.05) is 12.1 Å². The molecule has 0 bridgehead atoms. The van der Waals surface area contributed by atoms with E-state index >= 15 is 0 Å². The summed E-state index contributed by atoms with van der Waals surface area (Å²) in [5, 5.41) is 0.832. The molecule has 1 atom stereocenters. The first-order chi connectivity index (χ1) is 10.5. The molecule has 1 aliphatic carbocycles. The molecule has 7 heteroatoms. The number of nitrogens with one attached hydrogen (secondary N) is 1. The number of aromatic nitrogens is 1. The zero-order valence-electron chi connectivity index (χ0n) is 12.4. The van der Waals surface area contributed by atoms with Gasteiger partial charge >= 0.3 is 0 Å². The molecule has 1 N–H and O–H groups in total. The van der Waals surface area contributed by atoms with Crippen molar-refractivity contribution < 1.29 is 13.2 Å². The number of aryl methyl sites for hydroxylation is 1. The Morgan fingerprint density at radius 1 is 1.36 bits per heavy atom. The van der Waals surface area contributed by atoms with Gasteiger partial charge in [-0.3, -0.25) is 0 Å². The molecule has 0 aliphatic heterocycles. The van der Waals surface area contributed by atoms with Gasteiger partial charge in [-0.15, -0.1) is 11.3 Å². The van der Waals surface area contributed by atoms with E-state index in [0.29, 0.717) is 11.7 Å². The Morgan fingerprint density at radius 3 is 2.68 bits per heavy atom. The van der Waals surface area contributed by atoms with Crippen LogP contribution in [-0.4, -0.2) is 20.5 Å². The highest BCUT2D eigenvalue weighted by atomic mass is 32.2. The molecule has 0 radical (unpaired) electrons. The molecule has 5 nitrogen and oxygen atoms in total. The highest BCUT2D eigenvalue weighted by Gasteiger charge is 2.37. The van der Waals surface area contributed by atoms with Crippen LogP contribution in [0.4, 0.5) is 0 Å². The maximum absolute atomic E-state index is 12.7. The molecule has 0 saturated heterocycles. The van der Waals surface area contributed by atoms with E-state index in [0.717, 1.165) is 22.7 Å². The monoisotopic (exact) mass is 338 g/mol. The van der Waals surface area contributed by atoms with E-state index in [4.69, 9.17) is 4.74 Å². The minimum Gasteiger partial charge on any atom is -0.495 e. The van der Waals surface area contributed by atoms with Crippen LogP contribution in [0.3, 0.4) is 0 Å². The Balaban J connectivity index is 1.92. The van der Waals surface area contributed by atoms with Crippen LogP contribution >= 0.6 is 11.3 Å². The predicted octanol–water partition coefficient (Wildman–Crippen LogP) is 2.89. The van der Waals surface area contributed by atoms with Crippen molar-refractivity contribution in [2.24, 2.45) is 5.92 Å². The van der Waals surface area contributed by atoms with E-state index < -0.39 is 10.0 Å². The van der Waals surface area contributed by atoms with Crippen molar-refractivity contribution in [2.45, 2.75) is 30.7 Å². The van der Waals surface area contributed by atoms with Crippen molar-refractivity contribution in [3.05, 3.63) is 40.3 Å². The lowest BCUT2D eigenvalue weighted by Gasteiger charge is -2.17. The van der Waals surface area contributed by atoms with E-state index in [1.807, 2.05) is 6.92 Å². The quantitative estimate of drug-likeness (QED) is 0.879. The summed E-state index contributed by atoms with van der Waals surface area (Å²) in [7, 11) is -2.19. The molecule has 0 amide bonds. The van der Waals surface area contributed by atoms with Crippen molar-refractivity contribution >= 4 is 21.4 Å². The summed E-state index contributed by atoms with van der Waals surface area (Å²) in [4.78, 5) is 5.60. The number of benzene rings is 1. The van der Waals surface area contributed by atoms with Crippen LogP contribution < -0.4 is 9.46 Å². The molecule has 2 aromatic rings. The third kappa shape index (κ3) is 3.16. The summed E-state index contributed by atoms with van der Waals surface area (Å²) in [6, 6.07) is 6.39. The highest BCUT2D eigenvalue weighted by Crippen LogP contribution is 2.43. The molecule has 3 rings (SSSR count). The lowest BCUT2D eigenvalue weighted by atomic mass is 10.2. The summed E-state index contributed by atoms with van der Waals surface area (Å²) in [6.45, 7) is 1.97. The van der Waals surface area contributed by atoms with Gasteiger partial charge in [-0.2, -0.15) is 0 Å². The van der Waals surface area contributed by atoms with Crippen molar-refractivity contribution in [3.8, 4) is 5.75 Å². The lowest BCUT2D eigenvalue weighted by molar-refractivity contribution is 0.401. The van der Waals surface area contributed by atoms with Crippen LogP contribution in [0.5, 0.6) is 5.75 Å². The first kappa shape index (κ1) is 15.5. The van der Waals surface area contributed by atoms with E-state index in [2.05, 4.69) is 9.71 Å². The maximum atomic E-state index is 12.7. The number of ether oxygens (including phenoxy) is 1. The van der Waals surface area contributed by atoms with Crippen LogP contribution in [0, 0.1) is 12.8 Å². The van der Waals surface area contributed by atoms with E-state index in [1.54, 1.807) is 41.8 Å². The largest absolute Gasteiger partial charge is 0.495 e. The zero-order valence-corrected chi connectivity index (χ0v) is 14.1. The molecule has 1 aromatic carbocycles. The maximum Gasteiger partial charge on any atom is 0.244 e. The Labute approximate surface area is 134 Å². The zero-order chi connectivity index (χ0) is 15.7. The molecule has 1 fully saturated rings. The van der Waals surface area contributed by atoms with E-state index in [-0.39, 0.29) is 10.9 Å². The number of nitrogens with zero attached hydrogens (tertiary/aromatic N) is 1. The van der Waals surface area contributed by atoms with E-state index in [1.165, 1.54) is 7.11 Å². The smallest absolute Gasteiger partial charge is 0.244 e. The second-order valence-electron chi connectivity index (χ2n) is 5.40. The highest BCUT2D eigenvalue weighted by molar-refractivity contribution is 7.89. The van der Waals surface area contributed by atoms with Crippen molar-refractivity contribution in [2.75, 3.05) is 7.11 Å². The number of hydrogen-bond acceptors (Lipinski definition) is 5. The first-order valence-corrected chi connectivity index (χ1v) is 9.39. The summed E-state index contributed by atoms with van der Waals surface area (Å²) < 4.78 is 33.4. The standard InChI is InChI=1S/C15H18N2O3S2/c1-10-9-16-15(21-10)14(11-7-8-11)17-22(18,19)13-6-4-3-5-12(13)20-2/h3-6,9,11,14,17H,7-8H2,1-2H3/t14-/m1/s1. The third-order valence-corrected chi connectivity index (χ3v) is 6.12. The van der Waals surface area contributed by atoms with Crippen molar-refractivity contribution in [1.29, 1.82) is 0 Å². The van der Waals surface area contributed by atoms with Crippen molar-refractivity contribution in [1.82, 2.24) is 9.71 Å². The van der Waals surface area contributed by atoms with Gasteiger partial charge in [0.05, 0.1) is 13.2 Å². The number of thiazole rings is 1. The lowest BCUT2D eigenvalue weighted by Crippen LogP contribution is -2.30. The first-order valence-electron chi connectivity index (χ1n) is 7.09. The number of rotatable bonds is 6. The van der Waals surface area contributed by atoms with Gasteiger partial charge in [-0.25, -0.2) is 18.1 Å². The molecular formula is C15H18N2O3S2. The number of methoxy groups -OCH3 is 1. The van der Waals surface area contributed by atoms with Gasteiger partial charge in [0.25, 0.3) is 0 Å². The minimum absolute atomic E-state index is 0.163. The average Bonchev–Trinajstić information content (AvgIpc) is 3.26. The van der Waals surface area contributed by atoms with Crippen LogP contribution in [0.1, 0.15) is 28.8 Å². The topological polar surface area (TPSA) is 68.3 Å². The molecule has 1 heterocycles. The predicted molar refractivity (Wildman–Crippen MR) is 85.6 cm³/mol. The number of hydrogen-bond donors (Lipinski definition) is 1. The van der Waals surface area contributed by atoms with Crippen LogP contribution in [0.15, 0.2) is 35.4 Å². The molecule has 118 valence electrons. The Bertz CT molecular complexity index is 767. The fraction of sp³-hybridized carbons (Fsp3) is 0.400. The molecule has 1 aliphatic rings. The Kier molecular flexibility index (Phi) is 4.20. The summed E-state index contributed by atoms with van der Waals surface area (Å²) in [5.74, 6) is 0.676. The minimum atomic E-state index is -3.65. The summed E-state index contributed by atoms with van der Waals surface area (Å²) in [6.07, 6.45) is 3.84. The van der Waals surface area contributed by atoms with Gasteiger partial charge in [0.1, 0.15) is 15.7 Å². The molecule has 1 saturated carbocycles. The van der Waals surface area contributed by atoms with Crippen molar-refractivity contribution in [3.63, 3.8) is 0 Å². The Hall–Kier alpha value is -1.44. The molecule has 1 aromatic heterocycles. The summed E-state index contributed by atoms with van der Waals surface area (Å²) >= 11 is 1.54. The molecule has 0 spiro atoms. The number of sulfonamides is 1. The molecule has 0 unspecified atom stereocenters. The fourth-order valence-corrected chi connectivity index (χ4v) is 4.80. The second-order valence-corrected chi connectivity index (χ2v) is 8.35. The van der Waals surface area contributed by atoms with Gasteiger partial charge < -0.3 is 4.74 Å². The average molecular weight is 338 g/mol. The van der Waals surface area contributed by atoms with Gasteiger partial charge in [0.2, 0.25) is 10.0 Å². The van der Waals surface area contributed by atoms with Crippen LogP contribution in [-0.2, 0) is 10.0 Å². The van der Waals surface area contributed by atoms with Gasteiger partial charge in [0, 0.05) is 11.1 Å². The van der Waals surface area contributed by atoms with Crippen LogP contribution in [0.25, 0.3) is 0 Å². The Morgan fingerprint density at radius 2 is 2.09 bits per heavy atom.